The fourth-order valence-electron chi connectivity index (χ4n) is 1.68. The molecular formula is C11H22N2O. The Morgan fingerprint density at radius 1 is 1.57 bits per heavy atom. The minimum Gasteiger partial charge on any atom is -0.354 e. The summed E-state index contributed by atoms with van der Waals surface area (Å²) in [6.45, 7) is 5.92. The Morgan fingerprint density at radius 3 is 2.93 bits per heavy atom. The fourth-order valence-corrected chi connectivity index (χ4v) is 1.68. The van der Waals surface area contributed by atoms with Crippen molar-refractivity contribution < 1.29 is 4.79 Å². The molecule has 14 heavy (non-hydrogen) atoms. The molecule has 0 spiro atoms. The van der Waals surface area contributed by atoms with Gasteiger partial charge in [0.1, 0.15) is 0 Å². The summed E-state index contributed by atoms with van der Waals surface area (Å²) in [5.74, 6) is 0.346. The fraction of sp³-hybridized carbons (Fsp3) is 0.909. The number of piperidine rings is 1. The van der Waals surface area contributed by atoms with Gasteiger partial charge in [-0.05, 0) is 25.8 Å². The van der Waals surface area contributed by atoms with Crippen LogP contribution in [0.15, 0.2) is 0 Å². The average molecular weight is 198 g/mol. The first kappa shape index (κ1) is 11.5. The summed E-state index contributed by atoms with van der Waals surface area (Å²) < 4.78 is 0. The number of amides is 1. The van der Waals surface area contributed by atoms with E-state index in [-0.39, 0.29) is 11.8 Å². The van der Waals surface area contributed by atoms with Crippen LogP contribution in [-0.4, -0.2) is 25.0 Å². The van der Waals surface area contributed by atoms with E-state index in [2.05, 4.69) is 10.6 Å². The van der Waals surface area contributed by atoms with Gasteiger partial charge in [-0.25, -0.2) is 0 Å². The van der Waals surface area contributed by atoms with Crippen molar-refractivity contribution in [1.82, 2.24) is 10.6 Å². The summed E-state index contributed by atoms with van der Waals surface area (Å²) in [6, 6.07) is 0.497. The molecule has 1 rings (SSSR count). The molecule has 0 radical (unpaired) electrons. The number of carbonyl (C=O) groups excluding carboxylic acids is 1. The van der Waals surface area contributed by atoms with Crippen molar-refractivity contribution in [3.63, 3.8) is 0 Å². The van der Waals surface area contributed by atoms with E-state index in [1.807, 2.05) is 13.8 Å². The van der Waals surface area contributed by atoms with E-state index in [1.54, 1.807) is 0 Å². The molecule has 1 aliphatic heterocycles. The third-order valence-electron chi connectivity index (χ3n) is 3.00. The maximum Gasteiger partial charge on any atom is 0.222 e. The lowest BCUT2D eigenvalue weighted by molar-refractivity contribution is -0.124. The topological polar surface area (TPSA) is 41.1 Å². The lowest BCUT2D eigenvalue weighted by Crippen LogP contribution is -2.44. The van der Waals surface area contributed by atoms with Crippen LogP contribution in [0.3, 0.4) is 0 Å². The van der Waals surface area contributed by atoms with Crippen LogP contribution in [0.1, 0.15) is 39.5 Å². The van der Waals surface area contributed by atoms with Crippen LogP contribution in [0.5, 0.6) is 0 Å². The molecular weight excluding hydrogens is 176 g/mol. The highest BCUT2D eigenvalue weighted by atomic mass is 16.1. The normalized spacial score (nSPS) is 24.3. The Hall–Kier alpha value is -0.570. The Labute approximate surface area is 86.6 Å². The van der Waals surface area contributed by atoms with Crippen molar-refractivity contribution in [2.45, 2.75) is 45.6 Å². The number of nitrogens with one attached hydrogen (secondary N) is 2. The summed E-state index contributed by atoms with van der Waals surface area (Å²) in [7, 11) is 0. The molecule has 82 valence electrons. The Kier molecular flexibility index (Phi) is 4.94. The Bertz CT molecular complexity index is 176. The van der Waals surface area contributed by atoms with Crippen LogP contribution in [-0.2, 0) is 4.79 Å². The van der Waals surface area contributed by atoms with Gasteiger partial charge >= 0.3 is 0 Å². The summed E-state index contributed by atoms with van der Waals surface area (Å²) in [4.78, 5) is 11.5. The summed E-state index contributed by atoms with van der Waals surface area (Å²) in [6.07, 6.45) is 4.68. The summed E-state index contributed by atoms with van der Waals surface area (Å²) in [5, 5.41) is 6.42. The average Bonchev–Trinajstić information content (AvgIpc) is 2.26. The van der Waals surface area contributed by atoms with Crippen molar-refractivity contribution in [3.05, 3.63) is 0 Å². The van der Waals surface area contributed by atoms with Crippen LogP contribution in [0, 0.1) is 5.92 Å². The van der Waals surface area contributed by atoms with Gasteiger partial charge in [0.2, 0.25) is 5.91 Å². The smallest absolute Gasteiger partial charge is 0.222 e. The maximum atomic E-state index is 11.5. The Morgan fingerprint density at radius 2 is 2.36 bits per heavy atom. The van der Waals surface area contributed by atoms with Crippen molar-refractivity contribution >= 4 is 5.91 Å². The third-order valence-corrected chi connectivity index (χ3v) is 3.00. The second-order valence-corrected chi connectivity index (χ2v) is 4.20. The third kappa shape index (κ3) is 3.66. The first-order chi connectivity index (χ1) is 6.74. The highest BCUT2D eigenvalue weighted by Crippen LogP contribution is 2.06. The number of hydrogen-bond donors (Lipinski definition) is 2. The lowest BCUT2D eigenvalue weighted by Gasteiger charge is -2.24. The van der Waals surface area contributed by atoms with Gasteiger partial charge in [0.25, 0.3) is 0 Å². The molecule has 2 atom stereocenters. The molecule has 1 aliphatic rings. The van der Waals surface area contributed by atoms with Crippen LogP contribution >= 0.6 is 0 Å². The summed E-state index contributed by atoms with van der Waals surface area (Å²) >= 11 is 0. The zero-order chi connectivity index (χ0) is 10.4. The van der Waals surface area contributed by atoms with Crippen LogP contribution < -0.4 is 10.6 Å². The minimum absolute atomic E-state index is 0.151. The van der Waals surface area contributed by atoms with Crippen LogP contribution in [0.25, 0.3) is 0 Å². The van der Waals surface area contributed by atoms with Gasteiger partial charge < -0.3 is 10.6 Å². The second kappa shape index (κ2) is 6.02. The molecule has 3 nitrogen and oxygen atoms in total. The predicted octanol–water partition coefficient (Wildman–Crippen LogP) is 1.29. The highest BCUT2D eigenvalue weighted by molar-refractivity contribution is 5.78. The van der Waals surface area contributed by atoms with Gasteiger partial charge in [0.15, 0.2) is 0 Å². The molecule has 1 heterocycles. The van der Waals surface area contributed by atoms with E-state index in [9.17, 15) is 4.79 Å². The first-order valence-corrected chi connectivity index (χ1v) is 5.75. The zero-order valence-corrected chi connectivity index (χ0v) is 9.31. The van der Waals surface area contributed by atoms with Crippen molar-refractivity contribution in [2.75, 3.05) is 13.1 Å². The molecule has 0 bridgehead atoms. The highest BCUT2D eigenvalue weighted by Gasteiger charge is 2.15. The van der Waals surface area contributed by atoms with Crippen molar-refractivity contribution in [2.24, 2.45) is 5.92 Å². The molecule has 0 aromatic heterocycles. The first-order valence-electron chi connectivity index (χ1n) is 5.75. The molecule has 0 saturated carbocycles. The number of rotatable bonds is 4. The standard InChI is InChI=1S/C11H22N2O/c1-3-9(2)11(14)13-8-10-6-4-5-7-12-10/h9-10,12H,3-8H2,1-2H3,(H,13,14). The van der Waals surface area contributed by atoms with Crippen molar-refractivity contribution in [1.29, 1.82) is 0 Å². The molecule has 1 saturated heterocycles. The monoisotopic (exact) mass is 198 g/mol. The quantitative estimate of drug-likeness (QED) is 0.714. The van der Waals surface area contributed by atoms with E-state index >= 15 is 0 Å². The lowest BCUT2D eigenvalue weighted by atomic mass is 10.0. The largest absolute Gasteiger partial charge is 0.354 e. The van der Waals surface area contributed by atoms with Gasteiger partial charge in [-0.2, -0.15) is 0 Å². The maximum absolute atomic E-state index is 11.5. The molecule has 2 N–H and O–H groups in total. The van der Waals surface area contributed by atoms with Gasteiger partial charge in [-0.1, -0.05) is 20.3 Å². The van der Waals surface area contributed by atoms with Gasteiger partial charge in [0.05, 0.1) is 0 Å². The van der Waals surface area contributed by atoms with E-state index in [0.29, 0.717) is 6.04 Å². The van der Waals surface area contributed by atoms with Gasteiger partial charge in [-0.3, -0.25) is 4.79 Å². The van der Waals surface area contributed by atoms with E-state index < -0.39 is 0 Å². The SMILES string of the molecule is CCC(C)C(=O)NCC1CCCCN1. The van der Waals surface area contributed by atoms with Crippen LogP contribution in [0.2, 0.25) is 0 Å². The molecule has 0 aromatic rings. The zero-order valence-electron chi connectivity index (χ0n) is 9.31. The molecule has 3 heteroatoms. The van der Waals surface area contributed by atoms with Gasteiger partial charge in [-0.15, -0.1) is 0 Å². The Balaban J connectivity index is 2.15. The van der Waals surface area contributed by atoms with E-state index in [0.717, 1.165) is 19.5 Å². The van der Waals surface area contributed by atoms with Crippen molar-refractivity contribution in [3.8, 4) is 0 Å². The molecule has 1 amide bonds. The molecule has 1 fully saturated rings. The molecule has 0 aromatic carbocycles. The van der Waals surface area contributed by atoms with Crippen LogP contribution in [0.4, 0.5) is 0 Å². The predicted molar refractivity (Wildman–Crippen MR) is 58.1 cm³/mol. The number of hydrogen-bond acceptors (Lipinski definition) is 2. The minimum atomic E-state index is 0.151. The number of carbonyl (C=O) groups is 1. The van der Waals surface area contributed by atoms with Gasteiger partial charge in [0, 0.05) is 18.5 Å². The van der Waals surface area contributed by atoms with E-state index in [1.165, 1.54) is 19.3 Å². The second-order valence-electron chi connectivity index (χ2n) is 4.20. The summed E-state index contributed by atoms with van der Waals surface area (Å²) in [5.41, 5.74) is 0. The molecule has 2 unspecified atom stereocenters. The van der Waals surface area contributed by atoms with E-state index in [4.69, 9.17) is 0 Å². The molecule has 0 aliphatic carbocycles.